The van der Waals surface area contributed by atoms with E-state index in [0.717, 1.165) is 5.56 Å². The quantitative estimate of drug-likeness (QED) is 0.273. The number of nitrogens with one attached hydrogen (secondary N) is 2. The summed E-state index contributed by atoms with van der Waals surface area (Å²) in [5, 5.41) is 18.7. The predicted octanol–water partition coefficient (Wildman–Crippen LogP) is 3.66. The second kappa shape index (κ2) is 13.0. The first kappa shape index (κ1) is 27.8. The highest BCUT2D eigenvalue weighted by Gasteiger charge is 2.28. The molecule has 0 aliphatic carbocycles. The van der Waals surface area contributed by atoms with Gasteiger partial charge >= 0.3 is 5.97 Å². The van der Waals surface area contributed by atoms with E-state index in [9.17, 15) is 19.5 Å². The van der Waals surface area contributed by atoms with Gasteiger partial charge in [-0.1, -0.05) is 66.7 Å². The van der Waals surface area contributed by atoms with Crippen LogP contribution in [0.25, 0.3) is 11.1 Å². The van der Waals surface area contributed by atoms with Gasteiger partial charge in [0, 0.05) is 37.9 Å². The molecule has 0 spiro atoms. The van der Waals surface area contributed by atoms with Gasteiger partial charge in [-0.05, 0) is 28.8 Å². The number of ether oxygens (including phenoxy) is 1. The Hall–Kier alpha value is -4.80. The van der Waals surface area contributed by atoms with Gasteiger partial charge < -0.3 is 20.1 Å². The second-order valence-corrected chi connectivity index (χ2v) is 9.73. The maximum Gasteiger partial charge on any atom is 0.337 e. The summed E-state index contributed by atoms with van der Waals surface area (Å²) in [5.41, 5.74) is 3.87. The van der Waals surface area contributed by atoms with Gasteiger partial charge in [0.05, 0.1) is 23.5 Å². The Morgan fingerprint density at radius 1 is 0.878 bits per heavy atom. The van der Waals surface area contributed by atoms with Gasteiger partial charge in [0.25, 0.3) is 0 Å². The Kier molecular flexibility index (Phi) is 8.82. The summed E-state index contributed by atoms with van der Waals surface area (Å²) in [5.74, 6) is -1.92. The summed E-state index contributed by atoms with van der Waals surface area (Å²) in [4.78, 5) is 41.2. The molecule has 5 rings (SSSR count). The fourth-order valence-corrected chi connectivity index (χ4v) is 5.04. The summed E-state index contributed by atoms with van der Waals surface area (Å²) in [6, 6.07) is 25.4. The highest BCUT2D eigenvalue weighted by atomic mass is 16.5. The van der Waals surface area contributed by atoms with Crippen LogP contribution >= 0.6 is 0 Å². The zero-order chi connectivity index (χ0) is 28.6. The largest absolute Gasteiger partial charge is 0.478 e. The summed E-state index contributed by atoms with van der Waals surface area (Å²) >= 11 is 0. The topological polar surface area (TPSA) is 128 Å². The van der Waals surface area contributed by atoms with Gasteiger partial charge in [0.1, 0.15) is 13.2 Å². The normalized spacial score (nSPS) is 13.7. The third-order valence-corrected chi connectivity index (χ3v) is 7.08. The first-order valence-corrected chi connectivity index (χ1v) is 13.4. The van der Waals surface area contributed by atoms with Crippen LogP contribution in [0.5, 0.6) is 0 Å². The zero-order valence-electron chi connectivity index (χ0n) is 22.4. The minimum absolute atomic E-state index is 0.0599. The number of benzene rings is 3. The highest BCUT2D eigenvalue weighted by Crippen LogP contribution is 2.29. The summed E-state index contributed by atoms with van der Waals surface area (Å²) in [7, 11) is 0. The molecular weight excluding hydrogens is 522 g/mol. The molecule has 210 valence electrons. The lowest BCUT2D eigenvalue weighted by atomic mass is 9.96. The monoisotopic (exact) mass is 553 g/mol. The number of piperazine rings is 1. The third-order valence-electron chi connectivity index (χ3n) is 7.08. The highest BCUT2D eigenvalue weighted by molar-refractivity contribution is 6.02. The molecule has 4 aromatic rings. The Labute approximate surface area is 237 Å². The van der Waals surface area contributed by atoms with Crippen LogP contribution in [-0.2, 0) is 14.3 Å². The Morgan fingerprint density at radius 3 is 2.12 bits per heavy atom. The average molecular weight is 554 g/mol. The van der Waals surface area contributed by atoms with E-state index in [1.165, 1.54) is 23.3 Å². The van der Waals surface area contributed by atoms with Crippen LogP contribution in [-0.4, -0.2) is 82.3 Å². The number of carboxylic acids is 1. The smallest absolute Gasteiger partial charge is 0.337 e. The van der Waals surface area contributed by atoms with E-state index in [2.05, 4.69) is 44.7 Å². The van der Waals surface area contributed by atoms with Crippen molar-refractivity contribution in [1.29, 1.82) is 0 Å². The van der Waals surface area contributed by atoms with Crippen molar-refractivity contribution in [2.45, 2.75) is 6.04 Å². The lowest BCUT2D eigenvalue weighted by molar-refractivity contribution is -0.139. The van der Waals surface area contributed by atoms with Gasteiger partial charge in [0.2, 0.25) is 11.8 Å². The fraction of sp³-hybridized carbons (Fsp3) is 0.226. The third kappa shape index (κ3) is 6.86. The minimum atomic E-state index is -1.18. The van der Waals surface area contributed by atoms with Crippen molar-refractivity contribution < 1.29 is 24.2 Å². The molecule has 2 amide bonds. The van der Waals surface area contributed by atoms with Crippen LogP contribution < -0.4 is 5.32 Å². The molecule has 0 unspecified atom stereocenters. The fourth-order valence-electron chi connectivity index (χ4n) is 5.04. The lowest BCUT2D eigenvalue weighted by Gasteiger charge is -2.39. The standard InChI is InChI=1S/C31H31N5O5/c37-28(34-27-12-11-24(17-26(27)31(39)40)25-18-32-33-19-25)20-41-21-29(38)35-13-15-36(16-14-35)30(22-7-3-1-4-8-22)23-9-5-2-6-10-23/h1-12,17-19,30H,13-16,20-21H2,(H,32,33)(H,34,37)(H,39,40). The van der Waals surface area contributed by atoms with Crippen LogP contribution in [0.3, 0.4) is 0 Å². The van der Waals surface area contributed by atoms with Crippen LogP contribution in [0, 0.1) is 0 Å². The van der Waals surface area contributed by atoms with Gasteiger partial charge in [-0.2, -0.15) is 5.10 Å². The number of hydrogen-bond acceptors (Lipinski definition) is 6. The van der Waals surface area contributed by atoms with E-state index in [0.29, 0.717) is 31.7 Å². The molecule has 0 radical (unpaired) electrons. The summed E-state index contributed by atoms with van der Waals surface area (Å²) < 4.78 is 5.40. The van der Waals surface area contributed by atoms with Crippen LogP contribution in [0.1, 0.15) is 27.5 Å². The van der Waals surface area contributed by atoms with Crippen molar-refractivity contribution >= 4 is 23.5 Å². The van der Waals surface area contributed by atoms with E-state index < -0.39 is 11.9 Å². The van der Waals surface area contributed by atoms with E-state index in [4.69, 9.17) is 4.74 Å². The van der Waals surface area contributed by atoms with Crippen molar-refractivity contribution in [2.75, 3.05) is 44.7 Å². The molecule has 1 saturated heterocycles. The van der Waals surface area contributed by atoms with Crippen LogP contribution in [0.4, 0.5) is 5.69 Å². The number of H-pyrrole nitrogens is 1. The van der Waals surface area contributed by atoms with Crippen molar-refractivity contribution in [3.63, 3.8) is 0 Å². The molecule has 0 bridgehead atoms. The molecular formula is C31H31N5O5. The molecule has 3 N–H and O–H groups in total. The molecule has 1 aliphatic heterocycles. The number of aromatic nitrogens is 2. The van der Waals surface area contributed by atoms with Gasteiger partial charge in [-0.25, -0.2) is 4.79 Å². The average Bonchev–Trinajstić information content (AvgIpc) is 3.54. The Morgan fingerprint density at radius 2 is 1.54 bits per heavy atom. The number of nitrogens with zero attached hydrogens (tertiary/aromatic N) is 3. The van der Waals surface area contributed by atoms with Gasteiger partial charge in [0.15, 0.2) is 0 Å². The molecule has 0 atom stereocenters. The first-order valence-electron chi connectivity index (χ1n) is 13.4. The maximum absolute atomic E-state index is 12.8. The molecule has 1 fully saturated rings. The number of amides is 2. The number of aromatic amines is 1. The van der Waals surface area contributed by atoms with E-state index in [1.807, 2.05) is 36.4 Å². The SMILES string of the molecule is O=C(COCC(=O)N1CCN(C(c2ccccc2)c2ccccc2)CC1)Nc1ccc(-c2cn[nH]c2)cc1C(=O)O. The number of carbonyl (C=O) groups is 3. The van der Waals surface area contributed by atoms with E-state index in [1.54, 1.807) is 23.4 Å². The molecule has 3 aromatic carbocycles. The van der Waals surface area contributed by atoms with Gasteiger partial charge in [-0.3, -0.25) is 19.6 Å². The number of rotatable bonds is 10. The number of aromatic carboxylic acids is 1. The lowest BCUT2D eigenvalue weighted by Crippen LogP contribution is -2.50. The van der Waals surface area contributed by atoms with E-state index in [-0.39, 0.29) is 36.4 Å². The number of hydrogen-bond donors (Lipinski definition) is 3. The zero-order valence-corrected chi connectivity index (χ0v) is 22.4. The van der Waals surface area contributed by atoms with Crippen LogP contribution in [0.2, 0.25) is 0 Å². The van der Waals surface area contributed by atoms with Crippen molar-refractivity contribution in [3.8, 4) is 11.1 Å². The van der Waals surface area contributed by atoms with Crippen molar-refractivity contribution in [2.24, 2.45) is 0 Å². The number of anilines is 1. The van der Waals surface area contributed by atoms with Gasteiger partial charge in [-0.15, -0.1) is 0 Å². The molecule has 1 aromatic heterocycles. The molecule has 10 nitrogen and oxygen atoms in total. The van der Waals surface area contributed by atoms with Crippen molar-refractivity contribution in [1.82, 2.24) is 20.0 Å². The molecule has 1 aliphatic rings. The summed E-state index contributed by atoms with van der Waals surface area (Å²) in [6.07, 6.45) is 3.23. The van der Waals surface area contributed by atoms with Crippen LogP contribution in [0.15, 0.2) is 91.3 Å². The molecule has 2 heterocycles. The maximum atomic E-state index is 12.8. The van der Waals surface area contributed by atoms with Crippen molar-refractivity contribution in [3.05, 3.63) is 108 Å². The second-order valence-electron chi connectivity index (χ2n) is 9.73. The Bertz CT molecular complexity index is 1430. The molecule has 10 heteroatoms. The number of carboxylic acid groups (broad SMARTS) is 1. The Balaban J connectivity index is 1.12. The molecule has 41 heavy (non-hydrogen) atoms. The summed E-state index contributed by atoms with van der Waals surface area (Å²) in [6.45, 7) is 1.89. The minimum Gasteiger partial charge on any atom is -0.478 e. The molecule has 0 saturated carbocycles. The number of carbonyl (C=O) groups excluding carboxylic acids is 2. The predicted molar refractivity (Wildman–Crippen MR) is 153 cm³/mol. The first-order chi connectivity index (χ1) is 20.0. The van der Waals surface area contributed by atoms with E-state index >= 15 is 0 Å².